The zero-order valence-electron chi connectivity index (χ0n) is 10.9. The Hall–Kier alpha value is -1.55. The monoisotopic (exact) mass is 262 g/mol. The molecule has 0 fully saturated rings. The van der Waals surface area contributed by atoms with E-state index in [2.05, 4.69) is 41.7 Å². The third-order valence-electron chi connectivity index (χ3n) is 2.78. The van der Waals surface area contributed by atoms with Crippen LogP contribution in [0.4, 0.5) is 5.69 Å². The number of ether oxygens (including phenoxy) is 1. The standard InChI is InChI=1S/C14H18N2OS/c1-4-17-12-5-6-13(10(2)7-12)16-11(3)14-8-18-9-15-14/h5-9,11,16H,4H2,1-3H3. The number of nitrogens with one attached hydrogen (secondary N) is 1. The topological polar surface area (TPSA) is 34.1 Å². The maximum absolute atomic E-state index is 5.48. The molecule has 1 N–H and O–H groups in total. The number of aromatic nitrogens is 1. The fourth-order valence-corrected chi connectivity index (χ4v) is 2.45. The minimum atomic E-state index is 0.216. The van der Waals surface area contributed by atoms with Gasteiger partial charge in [0.15, 0.2) is 0 Å². The molecule has 0 aliphatic rings. The molecule has 96 valence electrons. The zero-order chi connectivity index (χ0) is 13.0. The fourth-order valence-electron chi connectivity index (χ4n) is 1.80. The molecule has 4 heteroatoms. The maximum atomic E-state index is 5.48. The van der Waals surface area contributed by atoms with Gasteiger partial charge in [-0.1, -0.05) is 0 Å². The summed E-state index contributed by atoms with van der Waals surface area (Å²) in [4.78, 5) is 4.32. The van der Waals surface area contributed by atoms with E-state index in [9.17, 15) is 0 Å². The van der Waals surface area contributed by atoms with E-state index in [-0.39, 0.29) is 6.04 Å². The second kappa shape index (κ2) is 5.87. The van der Waals surface area contributed by atoms with Crippen molar-refractivity contribution in [3.63, 3.8) is 0 Å². The Morgan fingerprint density at radius 1 is 1.44 bits per heavy atom. The number of rotatable bonds is 5. The third kappa shape index (κ3) is 3.01. The number of anilines is 1. The minimum absolute atomic E-state index is 0.216. The number of aryl methyl sites for hydroxylation is 1. The Balaban J connectivity index is 2.10. The van der Waals surface area contributed by atoms with Crippen LogP contribution < -0.4 is 10.1 Å². The first-order chi connectivity index (χ1) is 8.70. The molecule has 1 aromatic heterocycles. The molecule has 1 heterocycles. The van der Waals surface area contributed by atoms with Gasteiger partial charge in [-0.25, -0.2) is 4.98 Å². The van der Waals surface area contributed by atoms with Gasteiger partial charge < -0.3 is 10.1 Å². The average molecular weight is 262 g/mol. The number of hydrogen-bond donors (Lipinski definition) is 1. The largest absolute Gasteiger partial charge is 0.494 e. The van der Waals surface area contributed by atoms with Crippen LogP contribution in [0.15, 0.2) is 29.1 Å². The van der Waals surface area contributed by atoms with Crippen LogP contribution in [0.25, 0.3) is 0 Å². The molecule has 1 atom stereocenters. The van der Waals surface area contributed by atoms with Gasteiger partial charge in [0.25, 0.3) is 0 Å². The highest BCUT2D eigenvalue weighted by Crippen LogP contribution is 2.25. The highest BCUT2D eigenvalue weighted by molar-refractivity contribution is 7.07. The van der Waals surface area contributed by atoms with Crippen LogP contribution in [-0.2, 0) is 0 Å². The Bertz CT molecular complexity index is 497. The van der Waals surface area contributed by atoms with Crippen molar-refractivity contribution in [2.75, 3.05) is 11.9 Å². The van der Waals surface area contributed by atoms with E-state index in [0.29, 0.717) is 6.61 Å². The summed E-state index contributed by atoms with van der Waals surface area (Å²) in [5.41, 5.74) is 5.24. The quantitative estimate of drug-likeness (QED) is 0.883. The van der Waals surface area contributed by atoms with Crippen molar-refractivity contribution in [1.82, 2.24) is 4.98 Å². The van der Waals surface area contributed by atoms with Crippen molar-refractivity contribution in [1.29, 1.82) is 0 Å². The molecule has 1 aromatic carbocycles. The van der Waals surface area contributed by atoms with E-state index in [0.717, 1.165) is 17.1 Å². The molecule has 0 spiro atoms. The van der Waals surface area contributed by atoms with Crippen LogP contribution in [0.3, 0.4) is 0 Å². The van der Waals surface area contributed by atoms with Crippen molar-refractivity contribution in [3.05, 3.63) is 40.3 Å². The lowest BCUT2D eigenvalue weighted by Gasteiger charge is -2.16. The first kappa shape index (κ1) is 12.9. The molecule has 2 rings (SSSR count). The smallest absolute Gasteiger partial charge is 0.119 e. The predicted octanol–water partition coefficient (Wildman–Crippen LogP) is 4.02. The highest BCUT2D eigenvalue weighted by Gasteiger charge is 2.09. The molecule has 2 aromatic rings. The number of thiazole rings is 1. The summed E-state index contributed by atoms with van der Waals surface area (Å²) in [6.07, 6.45) is 0. The Labute approximate surface area is 112 Å². The predicted molar refractivity (Wildman–Crippen MR) is 76.5 cm³/mol. The molecule has 18 heavy (non-hydrogen) atoms. The summed E-state index contributed by atoms with van der Waals surface area (Å²) in [7, 11) is 0. The average Bonchev–Trinajstić information content (AvgIpc) is 2.86. The lowest BCUT2D eigenvalue weighted by Crippen LogP contribution is -2.08. The summed E-state index contributed by atoms with van der Waals surface area (Å²) in [6, 6.07) is 6.32. The van der Waals surface area contributed by atoms with Crippen molar-refractivity contribution < 1.29 is 4.74 Å². The zero-order valence-corrected chi connectivity index (χ0v) is 11.8. The molecule has 1 unspecified atom stereocenters. The van der Waals surface area contributed by atoms with E-state index < -0.39 is 0 Å². The maximum Gasteiger partial charge on any atom is 0.119 e. The van der Waals surface area contributed by atoms with Gasteiger partial charge >= 0.3 is 0 Å². The molecule has 0 saturated heterocycles. The molecule has 0 radical (unpaired) electrons. The summed E-state index contributed by atoms with van der Waals surface area (Å²) in [5, 5.41) is 5.54. The van der Waals surface area contributed by atoms with Crippen LogP contribution in [0.1, 0.15) is 31.1 Å². The molecular formula is C14H18N2OS. The third-order valence-corrected chi connectivity index (χ3v) is 3.38. The Kier molecular flexibility index (Phi) is 4.20. The lowest BCUT2D eigenvalue weighted by atomic mass is 10.1. The first-order valence-corrected chi connectivity index (χ1v) is 7.03. The van der Waals surface area contributed by atoms with E-state index in [4.69, 9.17) is 4.74 Å². The van der Waals surface area contributed by atoms with E-state index in [1.807, 2.05) is 18.5 Å². The second-order valence-electron chi connectivity index (χ2n) is 4.19. The summed E-state index contributed by atoms with van der Waals surface area (Å²) < 4.78 is 5.48. The van der Waals surface area contributed by atoms with Crippen LogP contribution in [-0.4, -0.2) is 11.6 Å². The van der Waals surface area contributed by atoms with Crippen LogP contribution >= 0.6 is 11.3 Å². The van der Waals surface area contributed by atoms with E-state index in [1.165, 1.54) is 5.56 Å². The van der Waals surface area contributed by atoms with Gasteiger partial charge in [-0.3, -0.25) is 0 Å². The van der Waals surface area contributed by atoms with Gasteiger partial charge in [0.05, 0.1) is 23.9 Å². The van der Waals surface area contributed by atoms with Gasteiger partial charge in [0.1, 0.15) is 5.75 Å². The van der Waals surface area contributed by atoms with Gasteiger partial charge in [-0.2, -0.15) is 0 Å². The van der Waals surface area contributed by atoms with Gasteiger partial charge in [-0.05, 0) is 44.5 Å². The second-order valence-corrected chi connectivity index (χ2v) is 4.91. The lowest BCUT2D eigenvalue weighted by molar-refractivity contribution is 0.340. The number of benzene rings is 1. The number of hydrogen-bond acceptors (Lipinski definition) is 4. The van der Waals surface area contributed by atoms with Crippen LogP contribution in [0.5, 0.6) is 5.75 Å². The molecule has 0 bridgehead atoms. The van der Waals surface area contributed by atoms with Crippen LogP contribution in [0, 0.1) is 6.92 Å². The normalized spacial score (nSPS) is 12.2. The Morgan fingerprint density at radius 3 is 2.89 bits per heavy atom. The van der Waals surface area contributed by atoms with Gasteiger partial charge in [0, 0.05) is 11.1 Å². The van der Waals surface area contributed by atoms with Crippen molar-refractivity contribution in [2.45, 2.75) is 26.8 Å². The minimum Gasteiger partial charge on any atom is -0.494 e. The van der Waals surface area contributed by atoms with Crippen molar-refractivity contribution in [3.8, 4) is 5.75 Å². The van der Waals surface area contributed by atoms with Crippen molar-refractivity contribution in [2.24, 2.45) is 0 Å². The number of nitrogens with zero attached hydrogens (tertiary/aromatic N) is 1. The first-order valence-electron chi connectivity index (χ1n) is 6.08. The highest BCUT2D eigenvalue weighted by atomic mass is 32.1. The van der Waals surface area contributed by atoms with Gasteiger partial charge in [-0.15, -0.1) is 11.3 Å². The molecule has 0 amide bonds. The molecular weight excluding hydrogens is 244 g/mol. The Morgan fingerprint density at radius 2 is 2.28 bits per heavy atom. The SMILES string of the molecule is CCOc1ccc(NC(C)c2cscn2)c(C)c1. The summed E-state index contributed by atoms with van der Waals surface area (Å²) in [6.45, 7) is 6.89. The van der Waals surface area contributed by atoms with E-state index >= 15 is 0 Å². The van der Waals surface area contributed by atoms with E-state index in [1.54, 1.807) is 11.3 Å². The summed E-state index contributed by atoms with van der Waals surface area (Å²) >= 11 is 1.62. The molecule has 3 nitrogen and oxygen atoms in total. The van der Waals surface area contributed by atoms with Crippen LogP contribution in [0.2, 0.25) is 0 Å². The molecule has 0 saturated carbocycles. The fraction of sp³-hybridized carbons (Fsp3) is 0.357. The molecule has 0 aliphatic carbocycles. The molecule has 0 aliphatic heterocycles. The van der Waals surface area contributed by atoms with Gasteiger partial charge in [0.2, 0.25) is 0 Å². The van der Waals surface area contributed by atoms with Crippen molar-refractivity contribution >= 4 is 17.0 Å². The summed E-state index contributed by atoms with van der Waals surface area (Å²) in [5.74, 6) is 0.918.